The average molecular weight is 179 g/mol. The lowest BCUT2D eigenvalue weighted by atomic mass is 10.2. The van der Waals surface area contributed by atoms with Gasteiger partial charge in [0.05, 0.1) is 11.6 Å². The molecular weight excluding hydrogens is 169 g/mol. The molecule has 0 saturated carbocycles. The topological polar surface area (TPSA) is 30.7 Å². The van der Waals surface area contributed by atoms with Crippen LogP contribution in [0.15, 0.2) is 12.3 Å². The van der Waals surface area contributed by atoms with E-state index < -0.39 is 0 Å². The maximum absolute atomic E-state index is 4.34. The van der Waals surface area contributed by atoms with Crippen LogP contribution in [-0.4, -0.2) is 14.8 Å². The summed E-state index contributed by atoms with van der Waals surface area (Å²) in [5, 5.41) is 4.30. The molecule has 0 N–H and O–H groups in total. The maximum Gasteiger partial charge on any atom is 0.114 e. The highest BCUT2D eigenvalue weighted by Crippen LogP contribution is 2.12. The van der Waals surface area contributed by atoms with Crippen LogP contribution in [0.5, 0.6) is 0 Å². The van der Waals surface area contributed by atoms with E-state index in [-0.39, 0.29) is 0 Å². The van der Waals surface area contributed by atoms with Crippen molar-refractivity contribution in [2.45, 2.75) is 6.92 Å². The van der Waals surface area contributed by atoms with Crippen molar-refractivity contribution in [1.29, 1.82) is 0 Å². The molecule has 0 aliphatic carbocycles. The highest BCUT2D eigenvalue weighted by molar-refractivity contribution is 7.26. The number of fused-ring (bicyclic) bond motifs is 1. The summed E-state index contributed by atoms with van der Waals surface area (Å²) in [5.41, 5.74) is 4.09. The van der Waals surface area contributed by atoms with Crippen LogP contribution in [0.2, 0.25) is 0 Å². The van der Waals surface area contributed by atoms with Gasteiger partial charge in [-0.1, -0.05) is 9.24 Å². The predicted molar refractivity (Wildman–Crippen MR) is 52.6 cm³/mol. The van der Waals surface area contributed by atoms with Crippen molar-refractivity contribution < 1.29 is 0 Å². The Morgan fingerprint density at radius 3 is 3.00 bits per heavy atom. The number of hydrogen-bond donors (Lipinski definition) is 0. The molecule has 0 bridgehead atoms. The monoisotopic (exact) mass is 179 g/mol. The summed E-state index contributed by atoms with van der Waals surface area (Å²) in [6, 6.07) is 2.01. The fraction of sp³-hybridized carbons (Fsp3) is 0.250. The Labute approximate surface area is 73.0 Å². The largest absolute Gasteiger partial charge is 0.273 e. The molecule has 12 heavy (non-hydrogen) atoms. The van der Waals surface area contributed by atoms with Crippen LogP contribution < -0.4 is 5.44 Å². The van der Waals surface area contributed by atoms with Gasteiger partial charge < -0.3 is 0 Å². The van der Waals surface area contributed by atoms with Crippen molar-refractivity contribution in [3.8, 4) is 0 Å². The van der Waals surface area contributed by atoms with Gasteiger partial charge in [-0.2, -0.15) is 5.10 Å². The van der Waals surface area contributed by atoms with E-state index >= 15 is 0 Å². The number of hydrogen-bond acceptors (Lipinski definition) is 2. The molecule has 0 saturated heterocycles. The fourth-order valence-electron chi connectivity index (χ4n) is 1.30. The molecule has 2 aromatic heterocycles. The van der Waals surface area contributed by atoms with E-state index in [1.165, 1.54) is 5.56 Å². The van der Waals surface area contributed by atoms with Gasteiger partial charge in [0, 0.05) is 7.05 Å². The SMILES string of the molecule is Cc1cc(P)nc2cn(C)nc12. The van der Waals surface area contributed by atoms with Gasteiger partial charge in [-0.15, -0.1) is 0 Å². The first-order chi connectivity index (χ1) is 5.66. The van der Waals surface area contributed by atoms with Gasteiger partial charge in [0.15, 0.2) is 0 Å². The quantitative estimate of drug-likeness (QED) is 0.559. The summed E-state index contributed by atoms with van der Waals surface area (Å²) in [5.74, 6) is 0. The molecule has 2 heterocycles. The molecule has 0 aromatic carbocycles. The first kappa shape index (κ1) is 7.69. The summed E-state index contributed by atoms with van der Waals surface area (Å²) >= 11 is 0. The average Bonchev–Trinajstić information content (AvgIpc) is 2.29. The molecule has 2 aromatic rings. The smallest absolute Gasteiger partial charge is 0.114 e. The summed E-state index contributed by atoms with van der Waals surface area (Å²) < 4.78 is 1.79. The number of aromatic nitrogens is 3. The van der Waals surface area contributed by atoms with E-state index in [1.807, 2.05) is 26.2 Å². The van der Waals surface area contributed by atoms with Crippen LogP contribution >= 0.6 is 9.24 Å². The molecule has 62 valence electrons. The minimum atomic E-state index is 0.961. The van der Waals surface area contributed by atoms with Crippen molar-refractivity contribution in [3.63, 3.8) is 0 Å². The lowest BCUT2D eigenvalue weighted by molar-refractivity contribution is 0.778. The van der Waals surface area contributed by atoms with Crippen LogP contribution in [0.1, 0.15) is 5.56 Å². The van der Waals surface area contributed by atoms with Crippen molar-refractivity contribution in [2.75, 3.05) is 0 Å². The Hall–Kier alpha value is -0.950. The Bertz CT molecular complexity index is 433. The second kappa shape index (κ2) is 2.53. The molecule has 3 nitrogen and oxygen atoms in total. The molecular formula is C8H10N3P. The molecule has 0 fully saturated rings. The normalized spacial score (nSPS) is 10.9. The number of nitrogens with zero attached hydrogens (tertiary/aromatic N) is 3. The molecule has 2 rings (SSSR count). The first-order valence-electron chi connectivity index (χ1n) is 3.73. The molecule has 4 heteroatoms. The highest BCUT2D eigenvalue weighted by Gasteiger charge is 2.03. The van der Waals surface area contributed by atoms with E-state index in [4.69, 9.17) is 0 Å². The van der Waals surface area contributed by atoms with E-state index in [2.05, 4.69) is 19.3 Å². The minimum absolute atomic E-state index is 0.961. The van der Waals surface area contributed by atoms with Crippen molar-refractivity contribution in [1.82, 2.24) is 14.8 Å². The third kappa shape index (κ3) is 1.10. The lowest BCUT2D eigenvalue weighted by Crippen LogP contribution is -1.97. The Morgan fingerprint density at radius 1 is 1.50 bits per heavy atom. The third-order valence-electron chi connectivity index (χ3n) is 1.80. The van der Waals surface area contributed by atoms with Crippen LogP contribution in [-0.2, 0) is 7.05 Å². The van der Waals surface area contributed by atoms with Gasteiger partial charge >= 0.3 is 0 Å². The van der Waals surface area contributed by atoms with Crippen LogP contribution in [0.3, 0.4) is 0 Å². The van der Waals surface area contributed by atoms with E-state index in [9.17, 15) is 0 Å². The standard InChI is InChI=1S/C8H10N3P/c1-5-3-7(12)9-6-4-11(2)10-8(5)6/h3-4H,12H2,1-2H3. The van der Waals surface area contributed by atoms with E-state index in [0.717, 1.165) is 16.5 Å². The Morgan fingerprint density at radius 2 is 2.25 bits per heavy atom. The van der Waals surface area contributed by atoms with Gasteiger partial charge in [0.1, 0.15) is 11.0 Å². The van der Waals surface area contributed by atoms with Gasteiger partial charge in [0.25, 0.3) is 0 Å². The molecule has 0 spiro atoms. The van der Waals surface area contributed by atoms with Crippen molar-refractivity contribution in [2.24, 2.45) is 7.05 Å². The van der Waals surface area contributed by atoms with E-state index in [0.29, 0.717) is 0 Å². The lowest BCUT2D eigenvalue weighted by Gasteiger charge is -1.94. The van der Waals surface area contributed by atoms with Crippen molar-refractivity contribution >= 4 is 25.7 Å². The second-order valence-electron chi connectivity index (χ2n) is 2.90. The summed E-state index contributed by atoms with van der Waals surface area (Å²) in [4.78, 5) is 4.34. The fourth-order valence-corrected chi connectivity index (χ4v) is 1.69. The van der Waals surface area contributed by atoms with Crippen LogP contribution in [0.25, 0.3) is 11.0 Å². The molecule has 0 radical (unpaired) electrons. The van der Waals surface area contributed by atoms with Gasteiger partial charge in [0.2, 0.25) is 0 Å². The molecule has 0 amide bonds. The molecule has 0 aliphatic heterocycles. The number of aryl methyl sites for hydroxylation is 2. The Balaban J connectivity index is 2.88. The van der Waals surface area contributed by atoms with Crippen molar-refractivity contribution in [3.05, 3.63) is 17.8 Å². The third-order valence-corrected chi connectivity index (χ3v) is 2.09. The molecule has 0 aliphatic rings. The zero-order valence-corrected chi connectivity index (χ0v) is 8.23. The van der Waals surface area contributed by atoms with Crippen LogP contribution in [0.4, 0.5) is 0 Å². The summed E-state index contributed by atoms with van der Waals surface area (Å²) in [7, 11) is 4.50. The van der Waals surface area contributed by atoms with Crippen LogP contribution in [0, 0.1) is 6.92 Å². The first-order valence-corrected chi connectivity index (χ1v) is 4.31. The Kier molecular flexibility index (Phi) is 1.62. The number of pyridine rings is 1. The summed E-state index contributed by atoms with van der Waals surface area (Å²) in [6.07, 6.45) is 1.93. The highest BCUT2D eigenvalue weighted by atomic mass is 31.0. The minimum Gasteiger partial charge on any atom is -0.273 e. The van der Waals surface area contributed by atoms with Gasteiger partial charge in [-0.3, -0.25) is 4.68 Å². The zero-order chi connectivity index (χ0) is 8.72. The summed E-state index contributed by atoms with van der Waals surface area (Å²) in [6.45, 7) is 2.05. The molecule has 1 atom stereocenters. The van der Waals surface area contributed by atoms with E-state index in [1.54, 1.807) is 4.68 Å². The zero-order valence-electron chi connectivity index (χ0n) is 7.07. The second-order valence-corrected chi connectivity index (χ2v) is 3.49. The van der Waals surface area contributed by atoms with Gasteiger partial charge in [-0.05, 0) is 18.6 Å². The predicted octanol–water partition coefficient (Wildman–Crippen LogP) is 0.777. The maximum atomic E-state index is 4.34. The number of rotatable bonds is 0. The van der Waals surface area contributed by atoms with Gasteiger partial charge in [-0.25, -0.2) is 4.98 Å². The molecule has 1 unspecified atom stereocenters.